The van der Waals surface area contributed by atoms with Crippen LogP contribution < -0.4 is 5.32 Å². The van der Waals surface area contributed by atoms with Gasteiger partial charge < -0.3 is 4.90 Å². The number of nitriles is 1. The van der Waals surface area contributed by atoms with Gasteiger partial charge in [0.15, 0.2) is 0 Å². The zero-order valence-electron chi connectivity index (χ0n) is 12.0. The van der Waals surface area contributed by atoms with Crippen molar-refractivity contribution < 1.29 is 0 Å². The second-order valence-corrected chi connectivity index (χ2v) is 6.56. The summed E-state index contributed by atoms with van der Waals surface area (Å²) in [6.45, 7) is 14.9. The zero-order valence-corrected chi connectivity index (χ0v) is 12.0. The van der Waals surface area contributed by atoms with E-state index in [1.807, 2.05) is 6.92 Å². The molecular formula is C14H27N3. The van der Waals surface area contributed by atoms with Crippen LogP contribution >= 0.6 is 0 Å². The molecule has 0 saturated carbocycles. The third-order valence-corrected chi connectivity index (χ3v) is 3.85. The lowest BCUT2D eigenvalue weighted by atomic mass is 9.80. The highest BCUT2D eigenvalue weighted by atomic mass is 15.2. The number of rotatable bonds is 4. The van der Waals surface area contributed by atoms with Gasteiger partial charge in [0, 0.05) is 13.1 Å². The molecular weight excluding hydrogens is 210 g/mol. The van der Waals surface area contributed by atoms with Gasteiger partial charge in [-0.25, -0.2) is 0 Å². The van der Waals surface area contributed by atoms with Crippen LogP contribution in [0.25, 0.3) is 0 Å². The molecule has 1 aliphatic rings. The molecule has 98 valence electrons. The second-order valence-electron chi connectivity index (χ2n) is 6.56. The van der Waals surface area contributed by atoms with E-state index in [9.17, 15) is 5.26 Å². The summed E-state index contributed by atoms with van der Waals surface area (Å²) in [6, 6.07) is 2.41. The number of likely N-dealkylation sites (N-methyl/N-ethyl adjacent to an activating group) is 1. The molecule has 0 aromatic carbocycles. The molecule has 0 amide bonds. The van der Waals surface area contributed by atoms with Crippen molar-refractivity contribution in [3.05, 3.63) is 0 Å². The number of likely N-dealkylation sites (tertiary alicyclic amines) is 1. The fraction of sp³-hybridized carbons (Fsp3) is 0.929. The Morgan fingerprint density at radius 1 is 1.35 bits per heavy atom. The Labute approximate surface area is 106 Å². The van der Waals surface area contributed by atoms with Gasteiger partial charge in [0.25, 0.3) is 0 Å². The molecule has 1 rings (SSSR count). The molecule has 0 spiro atoms. The van der Waals surface area contributed by atoms with Gasteiger partial charge >= 0.3 is 0 Å². The van der Waals surface area contributed by atoms with Crippen molar-refractivity contribution in [2.75, 3.05) is 26.2 Å². The van der Waals surface area contributed by atoms with Crippen molar-refractivity contribution in [3.8, 4) is 6.07 Å². The molecule has 0 radical (unpaired) electrons. The molecule has 17 heavy (non-hydrogen) atoms. The molecule has 1 fully saturated rings. The maximum atomic E-state index is 9.26. The number of nitrogens with zero attached hydrogens (tertiary/aromatic N) is 2. The predicted molar refractivity (Wildman–Crippen MR) is 71.7 cm³/mol. The molecule has 2 atom stereocenters. The van der Waals surface area contributed by atoms with E-state index in [0.717, 1.165) is 32.1 Å². The average Bonchev–Trinajstić information content (AvgIpc) is 2.66. The third-order valence-electron chi connectivity index (χ3n) is 3.85. The van der Waals surface area contributed by atoms with Crippen LogP contribution in [0, 0.1) is 22.7 Å². The van der Waals surface area contributed by atoms with E-state index < -0.39 is 5.54 Å². The van der Waals surface area contributed by atoms with Crippen LogP contribution in [-0.4, -0.2) is 36.6 Å². The maximum absolute atomic E-state index is 9.26. The van der Waals surface area contributed by atoms with Gasteiger partial charge in [0.2, 0.25) is 0 Å². The van der Waals surface area contributed by atoms with E-state index in [4.69, 9.17) is 0 Å². The maximum Gasteiger partial charge on any atom is 0.116 e. The van der Waals surface area contributed by atoms with Gasteiger partial charge in [0.05, 0.1) is 6.07 Å². The molecule has 1 heterocycles. The Bertz CT molecular complexity index is 287. The predicted octanol–water partition coefficient (Wildman–Crippen LogP) is 2.25. The lowest BCUT2D eigenvalue weighted by Gasteiger charge is -2.30. The van der Waals surface area contributed by atoms with E-state index >= 15 is 0 Å². The number of hydrogen-bond donors (Lipinski definition) is 1. The summed E-state index contributed by atoms with van der Waals surface area (Å²) >= 11 is 0. The molecule has 1 N–H and O–H groups in total. The first-order valence-electron chi connectivity index (χ1n) is 6.69. The molecule has 0 aliphatic carbocycles. The molecule has 3 heteroatoms. The van der Waals surface area contributed by atoms with Crippen molar-refractivity contribution in [3.63, 3.8) is 0 Å². The minimum atomic E-state index is -0.401. The van der Waals surface area contributed by atoms with Gasteiger partial charge in [0.1, 0.15) is 5.54 Å². The van der Waals surface area contributed by atoms with Crippen LogP contribution in [0.2, 0.25) is 0 Å². The van der Waals surface area contributed by atoms with Gasteiger partial charge in [-0.2, -0.15) is 5.26 Å². The van der Waals surface area contributed by atoms with Crippen LogP contribution in [0.3, 0.4) is 0 Å². The van der Waals surface area contributed by atoms with Gasteiger partial charge in [-0.1, -0.05) is 27.7 Å². The van der Waals surface area contributed by atoms with Gasteiger partial charge in [-0.3, -0.25) is 5.32 Å². The normalized spacial score (nSPS) is 25.5. The molecule has 0 aromatic heterocycles. The summed E-state index contributed by atoms with van der Waals surface area (Å²) in [5.74, 6) is 0.757. The van der Waals surface area contributed by atoms with Crippen LogP contribution in [-0.2, 0) is 0 Å². The first-order chi connectivity index (χ1) is 7.80. The minimum Gasteiger partial charge on any atom is -0.300 e. The van der Waals surface area contributed by atoms with Crippen molar-refractivity contribution in [2.45, 2.75) is 46.6 Å². The standard InChI is InChI=1S/C14H27N3/c1-6-16-14(5,10-15)11-17-8-7-12(9-17)13(2,3)4/h12,16H,6-9,11H2,1-5H3. The molecule has 2 unspecified atom stereocenters. The van der Waals surface area contributed by atoms with Crippen molar-refractivity contribution >= 4 is 0 Å². The second kappa shape index (κ2) is 5.37. The van der Waals surface area contributed by atoms with E-state index in [1.165, 1.54) is 6.42 Å². The van der Waals surface area contributed by atoms with Crippen LogP contribution in [0.1, 0.15) is 41.0 Å². The molecule has 0 bridgehead atoms. The summed E-state index contributed by atoms with van der Waals surface area (Å²) in [5.41, 5.74) is -0.0164. The van der Waals surface area contributed by atoms with Gasteiger partial charge in [-0.05, 0) is 37.8 Å². The quantitative estimate of drug-likeness (QED) is 0.815. The van der Waals surface area contributed by atoms with E-state index in [1.54, 1.807) is 0 Å². The van der Waals surface area contributed by atoms with Crippen molar-refractivity contribution in [1.82, 2.24) is 10.2 Å². The number of nitrogens with one attached hydrogen (secondary N) is 1. The molecule has 3 nitrogen and oxygen atoms in total. The Kier molecular flexibility index (Phi) is 4.57. The topological polar surface area (TPSA) is 39.1 Å². The van der Waals surface area contributed by atoms with Crippen molar-refractivity contribution in [1.29, 1.82) is 5.26 Å². The largest absolute Gasteiger partial charge is 0.300 e. The summed E-state index contributed by atoms with van der Waals surface area (Å²) in [6.07, 6.45) is 1.26. The van der Waals surface area contributed by atoms with Crippen LogP contribution in [0.4, 0.5) is 0 Å². The van der Waals surface area contributed by atoms with E-state index in [-0.39, 0.29) is 0 Å². The highest BCUT2D eigenvalue weighted by molar-refractivity contribution is 5.06. The zero-order chi connectivity index (χ0) is 13.1. The Morgan fingerprint density at radius 3 is 2.41 bits per heavy atom. The third kappa shape index (κ3) is 3.97. The monoisotopic (exact) mass is 237 g/mol. The number of hydrogen-bond acceptors (Lipinski definition) is 3. The Balaban J connectivity index is 2.53. The lowest BCUT2D eigenvalue weighted by molar-refractivity contribution is 0.209. The van der Waals surface area contributed by atoms with Crippen molar-refractivity contribution in [2.24, 2.45) is 11.3 Å². The molecule has 0 aromatic rings. The minimum absolute atomic E-state index is 0.385. The van der Waals surface area contributed by atoms with Crippen LogP contribution in [0.15, 0.2) is 0 Å². The fourth-order valence-corrected chi connectivity index (χ4v) is 2.65. The fourth-order valence-electron chi connectivity index (χ4n) is 2.65. The highest BCUT2D eigenvalue weighted by Crippen LogP contribution is 2.33. The summed E-state index contributed by atoms with van der Waals surface area (Å²) in [4.78, 5) is 2.43. The first kappa shape index (κ1) is 14.5. The first-order valence-corrected chi connectivity index (χ1v) is 6.69. The van der Waals surface area contributed by atoms with Gasteiger partial charge in [-0.15, -0.1) is 0 Å². The summed E-state index contributed by atoms with van der Waals surface area (Å²) in [7, 11) is 0. The SMILES string of the molecule is CCNC(C)(C#N)CN1CCC(C(C)(C)C)C1. The average molecular weight is 237 g/mol. The summed E-state index contributed by atoms with van der Waals surface area (Å²) in [5, 5.41) is 12.5. The lowest BCUT2D eigenvalue weighted by Crippen LogP contribution is -2.50. The molecule has 1 saturated heterocycles. The Hall–Kier alpha value is -0.590. The van der Waals surface area contributed by atoms with Crippen LogP contribution in [0.5, 0.6) is 0 Å². The smallest absolute Gasteiger partial charge is 0.116 e. The van der Waals surface area contributed by atoms with E-state index in [0.29, 0.717) is 5.41 Å². The van der Waals surface area contributed by atoms with E-state index in [2.05, 4.69) is 44.0 Å². The Morgan fingerprint density at radius 2 is 2.00 bits per heavy atom. The highest BCUT2D eigenvalue weighted by Gasteiger charge is 2.35. The molecule has 1 aliphatic heterocycles. The summed E-state index contributed by atoms with van der Waals surface area (Å²) < 4.78 is 0.